The van der Waals surface area contributed by atoms with Gasteiger partial charge in [0.15, 0.2) is 6.10 Å². The molecule has 0 aliphatic heterocycles. The Kier molecular flexibility index (Phi) is 43.4. The summed E-state index contributed by atoms with van der Waals surface area (Å²) in [5.41, 5.74) is 0. The second-order valence-corrected chi connectivity index (χ2v) is 16.0. The van der Waals surface area contributed by atoms with E-state index in [9.17, 15) is 14.4 Å². The van der Waals surface area contributed by atoms with Gasteiger partial charge < -0.3 is 14.2 Å². The van der Waals surface area contributed by atoms with E-state index in [1.165, 1.54) is 116 Å². The zero-order valence-corrected chi connectivity index (χ0v) is 37.2. The fraction of sp³-hybridized carbons (Fsp3) is 0.820. The predicted octanol–water partition coefficient (Wildman–Crippen LogP) is 15.4. The lowest BCUT2D eigenvalue weighted by Gasteiger charge is -2.18. The molecule has 0 radical (unpaired) electrons. The molecule has 326 valence electrons. The van der Waals surface area contributed by atoms with Crippen LogP contribution in [0.1, 0.15) is 245 Å². The van der Waals surface area contributed by atoms with Crippen molar-refractivity contribution in [3.63, 3.8) is 0 Å². The summed E-state index contributed by atoms with van der Waals surface area (Å²) < 4.78 is 16.7. The van der Waals surface area contributed by atoms with Gasteiger partial charge in [-0.1, -0.05) is 192 Å². The van der Waals surface area contributed by atoms with Crippen molar-refractivity contribution in [3.8, 4) is 0 Å². The van der Waals surface area contributed by atoms with Crippen molar-refractivity contribution >= 4 is 17.9 Å². The van der Waals surface area contributed by atoms with Crippen molar-refractivity contribution in [2.75, 3.05) is 13.2 Å². The van der Waals surface area contributed by atoms with Crippen molar-refractivity contribution in [3.05, 3.63) is 36.5 Å². The van der Waals surface area contributed by atoms with E-state index < -0.39 is 6.10 Å². The van der Waals surface area contributed by atoms with Crippen LogP contribution in [0.25, 0.3) is 0 Å². The third-order valence-corrected chi connectivity index (χ3v) is 10.3. The second-order valence-electron chi connectivity index (χ2n) is 16.0. The SMILES string of the molecule is CCC/C=C\C/C=C\CCCCCCCC(=O)OCC(COC(=O)CCCCCCC/C=C\CCCCC)OC(=O)CCCCCCCCCCCCCCC. The number of hydrogen-bond acceptors (Lipinski definition) is 6. The van der Waals surface area contributed by atoms with Gasteiger partial charge in [0, 0.05) is 19.3 Å². The summed E-state index contributed by atoms with van der Waals surface area (Å²) in [6.45, 7) is 6.53. The molecule has 0 heterocycles. The molecule has 0 spiro atoms. The molecular formula is C50H90O6. The lowest BCUT2D eigenvalue weighted by atomic mass is 10.0. The maximum atomic E-state index is 12.7. The predicted molar refractivity (Wildman–Crippen MR) is 238 cm³/mol. The zero-order valence-electron chi connectivity index (χ0n) is 37.2. The van der Waals surface area contributed by atoms with Crippen molar-refractivity contribution in [2.24, 2.45) is 0 Å². The lowest BCUT2D eigenvalue weighted by Crippen LogP contribution is -2.30. The van der Waals surface area contributed by atoms with Gasteiger partial charge in [-0.15, -0.1) is 0 Å². The van der Waals surface area contributed by atoms with Crippen LogP contribution in [0.3, 0.4) is 0 Å². The Morgan fingerprint density at radius 3 is 1.11 bits per heavy atom. The van der Waals surface area contributed by atoms with Crippen molar-refractivity contribution in [1.29, 1.82) is 0 Å². The van der Waals surface area contributed by atoms with Crippen LogP contribution in [0.5, 0.6) is 0 Å². The molecule has 1 atom stereocenters. The summed E-state index contributed by atoms with van der Waals surface area (Å²) in [5, 5.41) is 0. The first-order valence-electron chi connectivity index (χ1n) is 24.0. The second kappa shape index (κ2) is 45.3. The zero-order chi connectivity index (χ0) is 40.8. The van der Waals surface area contributed by atoms with Crippen molar-refractivity contribution in [2.45, 2.75) is 252 Å². The summed E-state index contributed by atoms with van der Waals surface area (Å²) in [6.07, 6.45) is 51.2. The number of carbonyl (C=O) groups is 3. The molecule has 0 fully saturated rings. The molecular weight excluding hydrogens is 697 g/mol. The van der Waals surface area contributed by atoms with Gasteiger partial charge in [0.25, 0.3) is 0 Å². The largest absolute Gasteiger partial charge is 0.462 e. The van der Waals surface area contributed by atoms with Crippen LogP contribution in [-0.4, -0.2) is 37.2 Å². The van der Waals surface area contributed by atoms with E-state index in [1.54, 1.807) is 0 Å². The van der Waals surface area contributed by atoms with Gasteiger partial charge in [0.2, 0.25) is 0 Å². The molecule has 6 heteroatoms. The molecule has 0 aromatic carbocycles. The summed E-state index contributed by atoms with van der Waals surface area (Å²) >= 11 is 0. The maximum Gasteiger partial charge on any atom is 0.306 e. The van der Waals surface area contributed by atoms with Gasteiger partial charge in [-0.3, -0.25) is 14.4 Å². The van der Waals surface area contributed by atoms with Gasteiger partial charge in [0.1, 0.15) is 13.2 Å². The molecule has 0 saturated heterocycles. The van der Waals surface area contributed by atoms with Crippen molar-refractivity contribution in [1.82, 2.24) is 0 Å². The molecule has 0 bridgehead atoms. The van der Waals surface area contributed by atoms with Crippen LogP contribution in [0.2, 0.25) is 0 Å². The normalized spacial score (nSPS) is 12.3. The first-order valence-corrected chi connectivity index (χ1v) is 24.0. The Labute approximate surface area is 346 Å². The Hall–Kier alpha value is -2.37. The number of hydrogen-bond donors (Lipinski definition) is 0. The minimum atomic E-state index is -0.775. The molecule has 0 saturated carbocycles. The van der Waals surface area contributed by atoms with Crippen LogP contribution in [0, 0.1) is 0 Å². The first-order chi connectivity index (χ1) is 27.5. The van der Waals surface area contributed by atoms with Crippen LogP contribution in [-0.2, 0) is 28.6 Å². The minimum Gasteiger partial charge on any atom is -0.462 e. The first kappa shape index (κ1) is 53.6. The number of esters is 3. The number of ether oxygens (including phenoxy) is 3. The van der Waals surface area contributed by atoms with Gasteiger partial charge in [-0.05, 0) is 70.6 Å². The van der Waals surface area contributed by atoms with Crippen LogP contribution >= 0.6 is 0 Å². The molecule has 0 aliphatic carbocycles. The topological polar surface area (TPSA) is 78.9 Å². The highest BCUT2D eigenvalue weighted by Gasteiger charge is 2.19. The molecule has 0 aromatic rings. The van der Waals surface area contributed by atoms with E-state index in [0.717, 1.165) is 89.9 Å². The Balaban J connectivity index is 4.39. The summed E-state index contributed by atoms with van der Waals surface area (Å²) in [7, 11) is 0. The fourth-order valence-electron chi connectivity index (χ4n) is 6.71. The smallest absolute Gasteiger partial charge is 0.306 e. The standard InChI is InChI=1S/C50H90O6/c1-4-7-10-13-16-19-22-25-28-31-34-37-40-43-49(52)55-46-47(45-54-48(51)42-39-36-33-30-27-24-21-18-15-12-9-6-3)56-50(53)44-41-38-35-32-29-26-23-20-17-14-11-8-5-2/h10,13,18-19,21-22,47H,4-9,11-12,14-17,20,23-46H2,1-3H3/b13-10-,21-18-,22-19-. The fourth-order valence-corrected chi connectivity index (χ4v) is 6.71. The number of rotatable bonds is 43. The Bertz CT molecular complexity index is 953. The number of carbonyl (C=O) groups excluding carboxylic acids is 3. The Morgan fingerprint density at radius 2 is 0.679 bits per heavy atom. The molecule has 0 amide bonds. The summed E-state index contributed by atoms with van der Waals surface area (Å²) in [4.78, 5) is 37.8. The molecule has 56 heavy (non-hydrogen) atoms. The van der Waals surface area contributed by atoms with E-state index in [-0.39, 0.29) is 31.1 Å². The number of allylic oxidation sites excluding steroid dienone is 6. The van der Waals surface area contributed by atoms with Gasteiger partial charge in [-0.2, -0.15) is 0 Å². The molecule has 0 aliphatic rings. The van der Waals surface area contributed by atoms with Crippen LogP contribution in [0.4, 0.5) is 0 Å². The maximum absolute atomic E-state index is 12.7. The molecule has 6 nitrogen and oxygen atoms in total. The minimum absolute atomic E-state index is 0.0788. The summed E-state index contributed by atoms with van der Waals surface area (Å²) in [6, 6.07) is 0. The highest BCUT2D eigenvalue weighted by molar-refractivity contribution is 5.71. The molecule has 1 unspecified atom stereocenters. The van der Waals surface area contributed by atoms with Crippen LogP contribution in [0.15, 0.2) is 36.5 Å². The highest BCUT2D eigenvalue weighted by Crippen LogP contribution is 2.15. The van der Waals surface area contributed by atoms with Gasteiger partial charge >= 0.3 is 17.9 Å². The van der Waals surface area contributed by atoms with Crippen LogP contribution < -0.4 is 0 Å². The van der Waals surface area contributed by atoms with Gasteiger partial charge in [0.05, 0.1) is 0 Å². The summed E-state index contributed by atoms with van der Waals surface area (Å²) in [5.74, 6) is -0.896. The van der Waals surface area contributed by atoms with E-state index in [0.29, 0.717) is 19.3 Å². The average molecular weight is 787 g/mol. The highest BCUT2D eigenvalue weighted by atomic mass is 16.6. The average Bonchev–Trinajstić information content (AvgIpc) is 3.19. The quantitative estimate of drug-likeness (QED) is 0.0265. The molecule has 0 N–H and O–H groups in total. The van der Waals surface area contributed by atoms with E-state index >= 15 is 0 Å². The van der Waals surface area contributed by atoms with E-state index in [1.807, 2.05) is 0 Å². The lowest BCUT2D eigenvalue weighted by molar-refractivity contribution is -0.167. The third kappa shape index (κ3) is 42.8. The number of unbranched alkanes of at least 4 members (excludes halogenated alkanes) is 26. The monoisotopic (exact) mass is 787 g/mol. The van der Waals surface area contributed by atoms with E-state index in [2.05, 4.69) is 57.2 Å². The molecule has 0 aromatic heterocycles. The van der Waals surface area contributed by atoms with Gasteiger partial charge in [-0.25, -0.2) is 0 Å². The Morgan fingerprint density at radius 1 is 0.357 bits per heavy atom. The van der Waals surface area contributed by atoms with Crippen molar-refractivity contribution < 1.29 is 28.6 Å². The molecule has 0 rings (SSSR count). The van der Waals surface area contributed by atoms with E-state index in [4.69, 9.17) is 14.2 Å². The third-order valence-electron chi connectivity index (χ3n) is 10.3.